The highest BCUT2D eigenvalue weighted by Crippen LogP contribution is 2.33. The van der Waals surface area contributed by atoms with E-state index in [0.29, 0.717) is 34.2 Å². The molecule has 3 rings (SSSR count). The molecule has 0 saturated carbocycles. The van der Waals surface area contributed by atoms with Crippen LogP contribution in [0.25, 0.3) is 11.4 Å². The van der Waals surface area contributed by atoms with E-state index in [1.165, 1.54) is 0 Å². The van der Waals surface area contributed by atoms with E-state index in [0.717, 1.165) is 31.4 Å². The molecule has 6 nitrogen and oxygen atoms in total. The summed E-state index contributed by atoms with van der Waals surface area (Å²) in [6.07, 6.45) is 3.39. The van der Waals surface area contributed by atoms with Crippen molar-refractivity contribution in [3.63, 3.8) is 0 Å². The number of tetrazole rings is 1. The first-order chi connectivity index (χ1) is 10.1. The summed E-state index contributed by atoms with van der Waals surface area (Å²) in [5.74, 6) is 0.623. The molecular weight excluding hydrogens is 313 g/mol. The predicted molar refractivity (Wildman–Crippen MR) is 81.3 cm³/mol. The standard InChI is InChI=1S/C13H15Cl2N5O/c14-10-6-8(7-11(16)12(10)15)13-17-18-19-20(13)4-3-9-2-1-5-21-9/h6-7,9H,1-5,16H2. The van der Waals surface area contributed by atoms with E-state index in [9.17, 15) is 0 Å². The average Bonchev–Trinajstić information content (AvgIpc) is 3.12. The Kier molecular flexibility index (Phi) is 4.28. The molecule has 0 bridgehead atoms. The second-order valence-corrected chi connectivity index (χ2v) is 5.80. The first-order valence-electron chi connectivity index (χ1n) is 6.78. The van der Waals surface area contributed by atoms with Crippen LogP contribution in [-0.4, -0.2) is 32.9 Å². The second kappa shape index (κ2) is 6.17. The maximum atomic E-state index is 6.06. The van der Waals surface area contributed by atoms with Gasteiger partial charge in [0, 0.05) is 18.7 Å². The Balaban J connectivity index is 1.81. The molecule has 8 heteroatoms. The lowest BCUT2D eigenvalue weighted by Crippen LogP contribution is -2.12. The SMILES string of the molecule is Nc1cc(-c2nnnn2CCC2CCCO2)cc(Cl)c1Cl. The number of ether oxygens (including phenoxy) is 1. The molecule has 0 aliphatic carbocycles. The fourth-order valence-corrected chi connectivity index (χ4v) is 2.78. The van der Waals surface area contributed by atoms with Crippen LogP contribution in [0.2, 0.25) is 10.0 Å². The zero-order valence-corrected chi connectivity index (χ0v) is 12.8. The summed E-state index contributed by atoms with van der Waals surface area (Å²) in [7, 11) is 0. The molecule has 1 aromatic carbocycles. The molecule has 2 N–H and O–H groups in total. The Morgan fingerprint density at radius 2 is 2.24 bits per heavy atom. The Hall–Kier alpha value is -1.37. The number of anilines is 1. The number of nitrogens with two attached hydrogens (primary N) is 1. The van der Waals surface area contributed by atoms with Gasteiger partial charge < -0.3 is 10.5 Å². The normalized spacial score (nSPS) is 18.3. The van der Waals surface area contributed by atoms with Crippen molar-refractivity contribution in [3.05, 3.63) is 22.2 Å². The summed E-state index contributed by atoms with van der Waals surface area (Å²) in [5, 5.41) is 12.5. The van der Waals surface area contributed by atoms with Crippen molar-refractivity contribution in [2.75, 3.05) is 12.3 Å². The summed E-state index contributed by atoms with van der Waals surface area (Å²) >= 11 is 12.0. The smallest absolute Gasteiger partial charge is 0.182 e. The Morgan fingerprint density at radius 1 is 1.38 bits per heavy atom. The zero-order chi connectivity index (χ0) is 14.8. The molecule has 0 spiro atoms. The van der Waals surface area contributed by atoms with Gasteiger partial charge in [0.2, 0.25) is 0 Å². The fraction of sp³-hybridized carbons (Fsp3) is 0.462. The molecule has 1 aliphatic heterocycles. The van der Waals surface area contributed by atoms with Gasteiger partial charge in [0.1, 0.15) is 0 Å². The highest BCUT2D eigenvalue weighted by atomic mass is 35.5. The summed E-state index contributed by atoms with van der Waals surface area (Å²) < 4.78 is 7.35. The van der Waals surface area contributed by atoms with Crippen LogP contribution in [0.4, 0.5) is 5.69 Å². The molecule has 1 aromatic heterocycles. The summed E-state index contributed by atoms with van der Waals surface area (Å²) in [6.45, 7) is 1.53. The van der Waals surface area contributed by atoms with Gasteiger partial charge in [-0.05, 0) is 41.8 Å². The minimum Gasteiger partial charge on any atom is -0.397 e. The fourth-order valence-electron chi connectivity index (χ4n) is 2.44. The Labute approximate surface area is 132 Å². The zero-order valence-electron chi connectivity index (χ0n) is 11.3. The maximum absolute atomic E-state index is 6.06. The number of halogens is 2. The van der Waals surface area contributed by atoms with Crippen LogP contribution < -0.4 is 5.73 Å². The maximum Gasteiger partial charge on any atom is 0.182 e. The molecule has 21 heavy (non-hydrogen) atoms. The number of benzene rings is 1. The van der Waals surface area contributed by atoms with Crippen LogP contribution in [0.1, 0.15) is 19.3 Å². The van der Waals surface area contributed by atoms with Crippen molar-refractivity contribution in [2.24, 2.45) is 0 Å². The largest absolute Gasteiger partial charge is 0.397 e. The third kappa shape index (κ3) is 3.12. The van der Waals surface area contributed by atoms with Crippen molar-refractivity contribution in [2.45, 2.75) is 31.9 Å². The summed E-state index contributed by atoms with van der Waals surface area (Å²) in [5.41, 5.74) is 7.00. The van der Waals surface area contributed by atoms with E-state index in [2.05, 4.69) is 15.5 Å². The molecule has 0 amide bonds. The van der Waals surface area contributed by atoms with Crippen molar-refractivity contribution < 1.29 is 4.74 Å². The van der Waals surface area contributed by atoms with Crippen LogP contribution in [0, 0.1) is 0 Å². The molecular formula is C13H15Cl2N5O. The molecule has 1 unspecified atom stereocenters. The Bertz CT molecular complexity index is 616. The lowest BCUT2D eigenvalue weighted by atomic mass is 10.1. The lowest BCUT2D eigenvalue weighted by molar-refractivity contribution is 0.0994. The van der Waals surface area contributed by atoms with Crippen LogP contribution in [0.3, 0.4) is 0 Å². The molecule has 2 aromatic rings. The quantitative estimate of drug-likeness (QED) is 0.873. The molecule has 1 saturated heterocycles. The number of nitrogens with zero attached hydrogens (tertiary/aromatic N) is 4. The van der Waals surface area contributed by atoms with Crippen LogP contribution >= 0.6 is 23.2 Å². The first kappa shape index (κ1) is 14.6. The molecule has 1 atom stereocenters. The third-order valence-corrected chi connectivity index (χ3v) is 4.35. The number of nitrogen functional groups attached to an aromatic ring is 1. The minimum absolute atomic E-state index is 0.293. The summed E-state index contributed by atoms with van der Waals surface area (Å²) in [4.78, 5) is 0. The van der Waals surface area contributed by atoms with E-state index in [-0.39, 0.29) is 0 Å². The van der Waals surface area contributed by atoms with Crippen molar-refractivity contribution >= 4 is 28.9 Å². The predicted octanol–water partition coefficient (Wildman–Crippen LogP) is 2.80. The number of rotatable bonds is 4. The van der Waals surface area contributed by atoms with Crippen molar-refractivity contribution in [1.82, 2.24) is 20.2 Å². The van der Waals surface area contributed by atoms with E-state index in [1.54, 1.807) is 16.8 Å². The average molecular weight is 328 g/mol. The van der Waals surface area contributed by atoms with Crippen LogP contribution in [-0.2, 0) is 11.3 Å². The molecule has 1 aliphatic rings. The highest BCUT2D eigenvalue weighted by molar-refractivity contribution is 6.43. The first-order valence-corrected chi connectivity index (χ1v) is 7.53. The molecule has 0 radical (unpaired) electrons. The molecule has 1 fully saturated rings. The van der Waals surface area contributed by atoms with Gasteiger partial charge in [-0.2, -0.15) is 0 Å². The number of hydrogen-bond acceptors (Lipinski definition) is 5. The van der Waals surface area contributed by atoms with Gasteiger partial charge in [-0.3, -0.25) is 0 Å². The van der Waals surface area contributed by atoms with Gasteiger partial charge in [0.25, 0.3) is 0 Å². The number of hydrogen-bond donors (Lipinski definition) is 1. The molecule has 112 valence electrons. The van der Waals surface area contributed by atoms with Crippen LogP contribution in [0.15, 0.2) is 12.1 Å². The van der Waals surface area contributed by atoms with Crippen molar-refractivity contribution in [1.29, 1.82) is 0 Å². The second-order valence-electron chi connectivity index (χ2n) is 5.01. The highest BCUT2D eigenvalue weighted by Gasteiger charge is 2.18. The number of aryl methyl sites for hydroxylation is 1. The van der Waals surface area contributed by atoms with Crippen molar-refractivity contribution in [3.8, 4) is 11.4 Å². The molecule has 2 heterocycles. The van der Waals surface area contributed by atoms with E-state index >= 15 is 0 Å². The third-order valence-electron chi connectivity index (χ3n) is 3.53. The number of aromatic nitrogens is 4. The topological polar surface area (TPSA) is 78.9 Å². The summed E-state index contributed by atoms with van der Waals surface area (Å²) in [6, 6.07) is 3.44. The van der Waals surface area contributed by atoms with Gasteiger partial charge in [0.15, 0.2) is 5.82 Å². The van der Waals surface area contributed by atoms with Gasteiger partial charge in [-0.1, -0.05) is 23.2 Å². The Morgan fingerprint density at radius 3 is 2.95 bits per heavy atom. The van der Waals surface area contributed by atoms with Gasteiger partial charge in [0.05, 0.1) is 21.8 Å². The monoisotopic (exact) mass is 327 g/mol. The lowest BCUT2D eigenvalue weighted by Gasteiger charge is -2.10. The van der Waals surface area contributed by atoms with Gasteiger partial charge >= 0.3 is 0 Å². The van der Waals surface area contributed by atoms with E-state index in [4.69, 9.17) is 33.7 Å². The van der Waals surface area contributed by atoms with Crippen LogP contribution in [0.5, 0.6) is 0 Å². The van der Waals surface area contributed by atoms with Gasteiger partial charge in [-0.15, -0.1) is 5.10 Å². The van der Waals surface area contributed by atoms with E-state index in [1.807, 2.05) is 0 Å². The van der Waals surface area contributed by atoms with E-state index < -0.39 is 0 Å². The minimum atomic E-state index is 0.293. The van der Waals surface area contributed by atoms with Gasteiger partial charge in [-0.25, -0.2) is 4.68 Å².